The van der Waals surface area contributed by atoms with E-state index in [1.54, 1.807) is 30.6 Å². The summed E-state index contributed by atoms with van der Waals surface area (Å²) in [5, 5.41) is 12.0. The Morgan fingerprint density at radius 1 is 1.07 bits per heavy atom. The molecule has 1 aromatic rings. The number of aromatic nitrogens is 1. The summed E-state index contributed by atoms with van der Waals surface area (Å²) in [6.07, 6.45) is 20.9. The van der Waals surface area contributed by atoms with Crippen molar-refractivity contribution in [2.45, 2.75) is 25.7 Å². The number of aliphatic carboxylic acids is 1. The molecule has 0 saturated carbocycles. The molecule has 2 aliphatic carbocycles. The number of allylic oxidation sites excluding steroid dienone is 10. The fraction of sp³-hybridized carbons (Fsp3) is 0.174. The molecule has 1 aromatic heterocycles. The van der Waals surface area contributed by atoms with Gasteiger partial charge in [0.1, 0.15) is 0 Å². The van der Waals surface area contributed by atoms with E-state index in [2.05, 4.69) is 28.5 Å². The van der Waals surface area contributed by atoms with Crippen LogP contribution in [0.15, 0.2) is 90.0 Å². The van der Waals surface area contributed by atoms with Crippen molar-refractivity contribution in [3.8, 4) is 0 Å². The number of amides is 1. The van der Waals surface area contributed by atoms with Crippen molar-refractivity contribution in [2.75, 3.05) is 0 Å². The summed E-state index contributed by atoms with van der Waals surface area (Å²) in [5.74, 6) is -1.24. The quantitative estimate of drug-likeness (QED) is 0.786. The van der Waals surface area contributed by atoms with Crippen LogP contribution in [-0.4, -0.2) is 22.0 Å². The van der Waals surface area contributed by atoms with Gasteiger partial charge in [0, 0.05) is 18.8 Å². The summed E-state index contributed by atoms with van der Waals surface area (Å²) in [7, 11) is 0. The molecule has 0 radical (unpaired) electrons. The number of carbonyl (C=O) groups excluding carboxylic acids is 1. The van der Waals surface area contributed by atoms with E-state index < -0.39 is 5.97 Å². The molecule has 1 amide bonds. The number of nitrogens with one attached hydrogen (secondary N) is 1. The van der Waals surface area contributed by atoms with Crippen molar-refractivity contribution in [3.63, 3.8) is 0 Å². The summed E-state index contributed by atoms with van der Waals surface area (Å²) in [4.78, 5) is 27.8. The summed E-state index contributed by atoms with van der Waals surface area (Å²) in [5.41, 5.74) is 3.78. The highest BCUT2D eigenvalue weighted by atomic mass is 16.4. The van der Waals surface area contributed by atoms with Crippen LogP contribution in [0.4, 0.5) is 0 Å². The summed E-state index contributed by atoms with van der Waals surface area (Å²) in [6, 6.07) is 3.94. The molecular weight excluding hydrogens is 352 g/mol. The average molecular weight is 374 g/mol. The molecule has 28 heavy (non-hydrogen) atoms. The van der Waals surface area contributed by atoms with Crippen LogP contribution in [0.2, 0.25) is 0 Å². The second kappa shape index (κ2) is 9.46. The van der Waals surface area contributed by atoms with Gasteiger partial charge in [-0.1, -0.05) is 48.1 Å². The largest absolute Gasteiger partial charge is 0.478 e. The van der Waals surface area contributed by atoms with Gasteiger partial charge in [0.2, 0.25) is 5.91 Å². The predicted molar refractivity (Wildman–Crippen MR) is 109 cm³/mol. The number of hydrogen-bond donors (Lipinski definition) is 2. The number of pyridine rings is 1. The van der Waals surface area contributed by atoms with E-state index in [1.807, 2.05) is 24.3 Å². The van der Waals surface area contributed by atoms with E-state index in [4.69, 9.17) is 0 Å². The van der Waals surface area contributed by atoms with Crippen molar-refractivity contribution in [1.82, 2.24) is 10.3 Å². The Balaban J connectivity index is 1.56. The third kappa shape index (κ3) is 5.27. The van der Waals surface area contributed by atoms with Crippen LogP contribution in [0.3, 0.4) is 0 Å². The Bertz CT molecular complexity index is 932. The van der Waals surface area contributed by atoms with Crippen molar-refractivity contribution >= 4 is 17.4 Å². The van der Waals surface area contributed by atoms with E-state index in [-0.39, 0.29) is 17.9 Å². The molecule has 0 aromatic carbocycles. The number of carboxylic acids is 1. The van der Waals surface area contributed by atoms with Gasteiger partial charge in [-0.05, 0) is 48.6 Å². The third-order valence-electron chi connectivity index (χ3n) is 4.50. The van der Waals surface area contributed by atoms with Gasteiger partial charge in [-0.2, -0.15) is 0 Å². The van der Waals surface area contributed by atoms with E-state index in [0.717, 1.165) is 23.1 Å². The molecule has 0 unspecified atom stereocenters. The Morgan fingerprint density at radius 3 is 2.68 bits per heavy atom. The minimum absolute atomic E-state index is 0.123. The van der Waals surface area contributed by atoms with Gasteiger partial charge in [0.25, 0.3) is 0 Å². The summed E-state index contributed by atoms with van der Waals surface area (Å²) >= 11 is 0. The Hall–Kier alpha value is -3.47. The van der Waals surface area contributed by atoms with Gasteiger partial charge in [-0.25, -0.2) is 4.79 Å². The maximum Gasteiger partial charge on any atom is 0.337 e. The van der Waals surface area contributed by atoms with Gasteiger partial charge in [0.15, 0.2) is 0 Å². The second-order valence-electron chi connectivity index (χ2n) is 6.46. The van der Waals surface area contributed by atoms with Gasteiger partial charge >= 0.3 is 5.97 Å². The molecule has 142 valence electrons. The van der Waals surface area contributed by atoms with Crippen LogP contribution >= 0.6 is 0 Å². The molecule has 0 bridgehead atoms. The Morgan fingerprint density at radius 2 is 1.89 bits per heavy atom. The zero-order valence-electron chi connectivity index (χ0n) is 15.5. The number of carbonyl (C=O) groups is 2. The molecule has 0 atom stereocenters. The first kappa shape index (κ1) is 19.3. The highest BCUT2D eigenvalue weighted by Gasteiger charge is 2.16. The maximum atomic E-state index is 12.3. The lowest BCUT2D eigenvalue weighted by molar-refractivity contribution is -0.132. The van der Waals surface area contributed by atoms with Crippen molar-refractivity contribution in [2.24, 2.45) is 0 Å². The highest BCUT2D eigenvalue weighted by molar-refractivity contribution is 5.94. The number of hydrogen-bond acceptors (Lipinski definition) is 3. The predicted octanol–water partition coefficient (Wildman–Crippen LogP) is 4.10. The molecular formula is C23H22N2O3. The lowest BCUT2D eigenvalue weighted by atomic mass is 10.1. The first-order chi connectivity index (χ1) is 13.6. The van der Waals surface area contributed by atoms with E-state index in [9.17, 15) is 14.7 Å². The number of nitrogens with zero attached hydrogens (tertiary/aromatic N) is 1. The third-order valence-corrected chi connectivity index (χ3v) is 4.50. The Kier molecular flexibility index (Phi) is 6.52. The van der Waals surface area contributed by atoms with Gasteiger partial charge in [-0.15, -0.1) is 0 Å². The van der Waals surface area contributed by atoms with Crippen molar-refractivity contribution in [3.05, 3.63) is 95.5 Å². The zero-order chi connectivity index (χ0) is 19.8. The highest BCUT2D eigenvalue weighted by Crippen LogP contribution is 2.22. The van der Waals surface area contributed by atoms with Crippen LogP contribution < -0.4 is 5.32 Å². The SMILES string of the molecule is O=C(CCC1=CCC=C(c2ccncc2)C=C1)NC1=CC=CCC=C1C(=O)O. The minimum atomic E-state index is -1.04. The lowest BCUT2D eigenvalue weighted by Crippen LogP contribution is -2.25. The van der Waals surface area contributed by atoms with Gasteiger partial charge < -0.3 is 10.4 Å². The zero-order valence-corrected chi connectivity index (χ0v) is 15.5. The Labute approximate surface area is 164 Å². The monoisotopic (exact) mass is 374 g/mol. The molecule has 0 saturated heterocycles. The van der Waals surface area contributed by atoms with Crippen LogP contribution in [0.25, 0.3) is 5.57 Å². The fourth-order valence-electron chi connectivity index (χ4n) is 3.02. The normalized spacial score (nSPS) is 16.1. The number of rotatable bonds is 6. The smallest absolute Gasteiger partial charge is 0.337 e. The first-order valence-electron chi connectivity index (χ1n) is 9.21. The minimum Gasteiger partial charge on any atom is -0.478 e. The van der Waals surface area contributed by atoms with Crippen LogP contribution in [-0.2, 0) is 9.59 Å². The molecule has 1 heterocycles. The first-order valence-corrected chi connectivity index (χ1v) is 9.21. The van der Waals surface area contributed by atoms with Crippen LogP contribution in [0, 0.1) is 0 Å². The molecule has 2 N–H and O–H groups in total. The molecule has 5 nitrogen and oxygen atoms in total. The van der Waals surface area contributed by atoms with E-state index in [0.29, 0.717) is 18.5 Å². The summed E-state index contributed by atoms with van der Waals surface area (Å²) < 4.78 is 0. The fourth-order valence-corrected chi connectivity index (χ4v) is 3.02. The van der Waals surface area contributed by atoms with Crippen molar-refractivity contribution in [1.29, 1.82) is 0 Å². The number of carboxylic acid groups (broad SMARTS) is 1. The standard InChI is InChI=1S/C23H22N2O3/c26-22(25-21-8-3-1-2-7-20(21)23(27)28)12-10-17-5-4-6-18(11-9-17)19-13-15-24-16-14-19/h1,3,5-9,11,13-16H,2,4,10,12H2,(H,25,26)(H,27,28). The van der Waals surface area contributed by atoms with Gasteiger partial charge in [-0.3, -0.25) is 9.78 Å². The molecule has 2 aliphatic rings. The second-order valence-corrected chi connectivity index (χ2v) is 6.46. The molecule has 0 aliphatic heterocycles. The van der Waals surface area contributed by atoms with Crippen LogP contribution in [0.5, 0.6) is 0 Å². The lowest BCUT2D eigenvalue weighted by Gasteiger charge is -2.10. The molecule has 5 heteroatoms. The van der Waals surface area contributed by atoms with Crippen molar-refractivity contribution < 1.29 is 14.7 Å². The van der Waals surface area contributed by atoms with Crippen LogP contribution in [0.1, 0.15) is 31.2 Å². The molecule has 3 rings (SSSR count). The topological polar surface area (TPSA) is 79.3 Å². The van der Waals surface area contributed by atoms with Gasteiger partial charge in [0.05, 0.1) is 11.3 Å². The molecule has 0 fully saturated rings. The maximum absolute atomic E-state index is 12.3. The molecule has 0 spiro atoms. The van der Waals surface area contributed by atoms with E-state index >= 15 is 0 Å². The average Bonchev–Trinajstić information content (AvgIpc) is 3.08. The summed E-state index contributed by atoms with van der Waals surface area (Å²) in [6.45, 7) is 0. The van der Waals surface area contributed by atoms with E-state index in [1.165, 1.54) is 0 Å².